The third-order valence-electron chi connectivity index (χ3n) is 6.41. The van der Waals surface area contributed by atoms with E-state index in [9.17, 15) is 9.59 Å². The average Bonchev–Trinajstić information content (AvgIpc) is 3.06. The van der Waals surface area contributed by atoms with Crippen LogP contribution in [0.3, 0.4) is 0 Å². The van der Waals surface area contributed by atoms with E-state index >= 15 is 0 Å². The Kier molecular flexibility index (Phi) is 6.23. The molecule has 2 aliphatic carbocycles. The smallest absolute Gasteiger partial charge is 0.248 e. The van der Waals surface area contributed by atoms with E-state index in [2.05, 4.69) is 10.3 Å². The van der Waals surface area contributed by atoms with Crippen LogP contribution in [0.25, 0.3) is 0 Å². The Hall–Kier alpha value is -2.60. The number of aromatic nitrogens is 1. The summed E-state index contributed by atoms with van der Waals surface area (Å²) in [5.74, 6) is 1.58. The van der Waals surface area contributed by atoms with Gasteiger partial charge >= 0.3 is 0 Å². The van der Waals surface area contributed by atoms with Crippen LogP contribution >= 0.6 is 0 Å². The SMILES string of the molecule is COc1cc2c(cc1OC)C(=O)C(CCCCN[C@@H]1CCCc3[nH]c(=O)ccc31)C2. The van der Waals surface area contributed by atoms with Crippen LogP contribution in [-0.2, 0) is 12.8 Å². The highest BCUT2D eigenvalue weighted by atomic mass is 16.5. The number of benzene rings is 1. The standard InChI is InChI=1S/C24H30N2O4/c1-29-21-13-16-12-15(24(28)18(16)14-22(21)30-2)6-3-4-11-25-19-7-5-8-20-17(19)9-10-23(27)26-20/h9-10,13-15,19,25H,3-8,11-12H2,1-2H3,(H,26,27)/t15?,19-/m1/s1. The van der Waals surface area contributed by atoms with Crippen LogP contribution in [0.2, 0.25) is 0 Å². The molecule has 2 aliphatic rings. The van der Waals surface area contributed by atoms with Crippen LogP contribution in [0, 0.1) is 5.92 Å². The van der Waals surface area contributed by atoms with Gasteiger partial charge in [0.25, 0.3) is 0 Å². The number of pyridine rings is 1. The van der Waals surface area contributed by atoms with Gasteiger partial charge < -0.3 is 19.8 Å². The second kappa shape index (κ2) is 9.04. The molecule has 4 rings (SSSR count). The molecule has 6 nitrogen and oxygen atoms in total. The Balaban J connectivity index is 1.27. The van der Waals surface area contributed by atoms with Gasteiger partial charge in [-0.3, -0.25) is 9.59 Å². The van der Waals surface area contributed by atoms with Gasteiger partial charge in [-0.05, 0) is 68.3 Å². The van der Waals surface area contributed by atoms with Gasteiger partial charge in [0.15, 0.2) is 17.3 Å². The van der Waals surface area contributed by atoms with Crippen molar-refractivity contribution >= 4 is 5.78 Å². The van der Waals surface area contributed by atoms with E-state index in [1.807, 2.05) is 18.2 Å². The van der Waals surface area contributed by atoms with Crippen molar-refractivity contribution in [1.82, 2.24) is 10.3 Å². The summed E-state index contributed by atoms with van der Waals surface area (Å²) in [6.45, 7) is 0.915. The molecule has 0 saturated heterocycles. The van der Waals surface area contributed by atoms with E-state index < -0.39 is 0 Å². The number of Topliss-reactive ketones (excluding diaryl/α,β-unsaturated/α-hetero) is 1. The number of methoxy groups -OCH3 is 2. The Labute approximate surface area is 177 Å². The summed E-state index contributed by atoms with van der Waals surface area (Å²) in [6, 6.07) is 7.65. The summed E-state index contributed by atoms with van der Waals surface area (Å²) >= 11 is 0. The molecule has 0 amide bonds. The number of unbranched alkanes of at least 4 members (excludes halogenated alkanes) is 1. The molecule has 0 bridgehead atoms. The molecular weight excluding hydrogens is 380 g/mol. The molecular formula is C24H30N2O4. The summed E-state index contributed by atoms with van der Waals surface area (Å²) in [5.41, 5.74) is 4.13. The molecule has 2 atom stereocenters. The van der Waals surface area contributed by atoms with Crippen molar-refractivity contribution in [2.75, 3.05) is 20.8 Å². The fourth-order valence-electron chi connectivity index (χ4n) is 4.83. The van der Waals surface area contributed by atoms with Crippen LogP contribution < -0.4 is 20.3 Å². The molecule has 1 aromatic heterocycles. The number of fused-ring (bicyclic) bond motifs is 2. The quantitative estimate of drug-likeness (QED) is 0.650. The van der Waals surface area contributed by atoms with Crippen molar-refractivity contribution in [3.05, 3.63) is 57.0 Å². The maximum absolute atomic E-state index is 12.8. The molecule has 0 spiro atoms. The maximum atomic E-state index is 12.8. The number of nitrogens with one attached hydrogen (secondary N) is 2. The number of H-pyrrole nitrogens is 1. The van der Waals surface area contributed by atoms with E-state index in [0.29, 0.717) is 17.5 Å². The minimum Gasteiger partial charge on any atom is -0.493 e. The molecule has 2 N–H and O–H groups in total. The fourth-order valence-corrected chi connectivity index (χ4v) is 4.83. The van der Waals surface area contributed by atoms with Crippen molar-refractivity contribution in [1.29, 1.82) is 0 Å². The second-order valence-corrected chi connectivity index (χ2v) is 8.28. The van der Waals surface area contributed by atoms with E-state index in [1.165, 1.54) is 5.56 Å². The summed E-state index contributed by atoms with van der Waals surface area (Å²) in [4.78, 5) is 27.3. The van der Waals surface area contributed by atoms with Crippen molar-refractivity contribution in [2.45, 2.75) is 51.0 Å². The lowest BCUT2D eigenvalue weighted by molar-refractivity contribution is 0.0929. The first kappa shape index (κ1) is 20.7. The van der Waals surface area contributed by atoms with Crippen LogP contribution in [-0.4, -0.2) is 31.5 Å². The number of aromatic amines is 1. The molecule has 0 aliphatic heterocycles. The van der Waals surface area contributed by atoms with E-state index in [1.54, 1.807) is 20.3 Å². The first-order chi connectivity index (χ1) is 14.6. The highest BCUT2D eigenvalue weighted by Gasteiger charge is 2.31. The molecule has 1 aromatic carbocycles. The van der Waals surface area contributed by atoms with Gasteiger partial charge in [-0.1, -0.05) is 12.5 Å². The largest absolute Gasteiger partial charge is 0.493 e. The number of ether oxygens (including phenoxy) is 2. The lowest BCUT2D eigenvalue weighted by Gasteiger charge is -2.26. The van der Waals surface area contributed by atoms with Crippen molar-refractivity contribution in [3.8, 4) is 11.5 Å². The first-order valence-electron chi connectivity index (χ1n) is 10.8. The number of hydrogen-bond acceptors (Lipinski definition) is 5. The van der Waals surface area contributed by atoms with Crippen LogP contribution in [0.1, 0.15) is 65.3 Å². The van der Waals surface area contributed by atoms with E-state index in [-0.39, 0.29) is 17.3 Å². The Morgan fingerprint density at radius 3 is 2.70 bits per heavy atom. The zero-order valence-electron chi connectivity index (χ0n) is 17.8. The summed E-state index contributed by atoms with van der Waals surface area (Å²) in [6.07, 6.45) is 6.85. The third-order valence-corrected chi connectivity index (χ3v) is 6.41. The van der Waals surface area contributed by atoms with Gasteiger partial charge in [-0.15, -0.1) is 0 Å². The van der Waals surface area contributed by atoms with Crippen LogP contribution in [0.15, 0.2) is 29.1 Å². The molecule has 1 unspecified atom stereocenters. The van der Waals surface area contributed by atoms with E-state index in [4.69, 9.17) is 9.47 Å². The molecule has 160 valence electrons. The molecule has 2 aromatic rings. The number of ketones is 1. The predicted molar refractivity (Wildman–Crippen MR) is 116 cm³/mol. The van der Waals surface area contributed by atoms with E-state index in [0.717, 1.165) is 68.3 Å². The molecule has 0 saturated carbocycles. The van der Waals surface area contributed by atoms with Gasteiger partial charge in [0, 0.05) is 29.3 Å². The minimum absolute atomic E-state index is 0.0214. The lowest BCUT2D eigenvalue weighted by atomic mass is 9.91. The molecule has 1 heterocycles. The second-order valence-electron chi connectivity index (χ2n) is 8.28. The monoisotopic (exact) mass is 410 g/mol. The predicted octanol–water partition coefficient (Wildman–Crippen LogP) is 3.58. The lowest BCUT2D eigenvalue weighted by Crippen LogP contribution is -2.28. The average molecular weight is 411 g/mol. The molecule has 0 fully saturated rings. The Morgan fingerprint density at radius 1 is 1.10 bits per heavy atom. The van der Waals surface area contributed by atoms with Gasteiger partial charge in [0.2, 0.25) is 5.56 Å². The van der Waals surface area contributed by atoms with Gasteiger partial charge in [-0.25, -0.2) is 0 Å². The normalized spacial score (nSPS) is 20.0. The summed E-state index contributed by atoms with van der Waals surface area (Å²) < 4.78 is 10.7. The van der Waals surface area contributed by atoms with Crippen molar-refractivity contribution in [2.24, 2.45) is 5.92 Å². The van der Waals surface area contributed by atoms with Gasteiger partial charge in [0.1, 0.15) is 0 Å². The number of carbonyl (C=O) groups is 1. The zero-order valence-corrected chi connectivity index (χ0v) is 17.8. The number of carbonyl (C=O) groups excluding carboxylic acids is 1. The zero-order chi connectivity index (χ0) is 21.1. The minimum atomic E-state index is -0.0214. The van der Waals surface area contributed by atoms with Crippen LogP contribution in [0.5, 0.6) is 11.5 Å². The van der Waals surface area contributed by atoms with Gasteiger partial charge in [0.05, 0.1) is 14.2 Å². The summed E-state index contributed by atoms with van der Waals surface area (Å²) in [7, 11) is 3.21. The fraction of sp³-hybridized carbons (Fsp3) is 0.500. The maximum Gasteiger partial charge on any atom is 0.248 e. The number of hydrogen-bond donors (Lipinski definition) is 2. The molecule has 30 heavy (non-hydrogen) atoms. The van der Waals surface area contributed by atoms with Crippen molar-refractivity contribution < 1.29 is 14.3 Å². The summed E-state index contributed by atoms with van der Waals surface area (Å²) in [5, 5.41) is 3.64. The number of rotatable bonds is 8. The highest BCUT2D eigenvalue weighted by molar-refractivity contribution is 6.02. The first-order valence-corrected chi connectivity index (χ1v) is 10.8. The number of aryl methyl sites for hydroxylation is 1. The Morgan fingerprint density at radius 2 is 1.90 bits per heavy atom. The van der Waals surface area contributed by atoms with Gasteiger partial charge in [-0.2, -0.15) is 0 Å². The third kappa shape index (κ3) is 4.15. The van der Waals surface area contributed by atoms with Crippen LogP contribution in [0.4, 0.5) is 0 Å². The topological polar surface area (TPSA) is 80.4 Å². The van der Waals surface area contributed by atoms with Crippen molar-refractivity contribution in [3.63, 3.8) is 0 Å². The Bertz CT molecular complexity index is 982. The highest BCUT2D eigenvalue weighted by Crippen LogP contribution is 2.38. The molecule has 6 heteroatoms. The molecule has 0 radical (unpaired) electrons.